The summed E-state index contributed by atoms with van der Waals surface area (Å²) in [6.45, 7) is 5.28. The van der Waals surface area contributed by atoms with E-state index in [1.54, 1.807) is 6.26 Å². The molecular weight excluding hydrogens is 410 g/mol. The Bertz CT molecular complexity index is 684. The summed E-state index contributed by atoms with van der Waals surface area (Å²) in [6, 6.07) is 7.82. The van der Waals surface area contributed by atoms with Crippen LogP contribution < -0.4 is 0 Å². The first-order chi connectivity index (χ1) is 13.2. The number of morpholine rings is 1. The van der Waals surface area contributed by atoms with Gasteiger partial charge in [-0.15, -0.1) is 0 Å². The van der Waals surface area contributed by atoms with E-state index in [0.717, 1.165) is 68.8 Å². The Labute approximate surface area is 168 Å². The zero-order valence-electron chi connectivity index (χ0n) is 15.4. The third-order valence-electron chi connectivity index (χ3n) is 5.73. The van der Waals surface area contributed by atoms with Gasteiger partial charge < -0.3 is 14.2 Å². The van der Waals surface area contributed by atoms with Crippen LogP contribution in [0.1, 0.15) is 24.8 Å². The summed E-state index contributed by atoms with van der Waals surface area (Å²) in [5, 5.41) is 0. The number of carbonyl (C=O) groups excluding carboxylic acids is 1. The van der Waals surface area contributed by atoms with Gasteiger partial charge in [-0.2, -0.15) is 0 Å². The summed E-state index contributed by atoms with van der Waals surface area (Å²) >= 11 is 3.43. The van der Waals surface area contributed by atoms with E-state index in [2.05, 4.69) is 20.8 Å². The van der Waals surface area contributed by atoms with Crippen LogP contribution in [0.15, 0.2) is 35.0 Å². The van der Waals surface area contributed by atoms with Crippen LogP contribution in [-0.4, -0.2) is 62.3 Å². The minimum Gasteiger partial charge on any atom is -0.496 e. The fourth-order valence-corrected chi connectivity index (χ4v) is 4.38. The minimum atomic E-state index is -0.0566. The highest BCUT2D eigenvalue weighted by Gasteiger charge is 2.40. The van der Waals surface area contributed by atoms with Crippen molar-refractivity contribution < 1.29 is 19.0 Å². The van der Waals surface area contributed by atoms with Crippen molar-refractivity contribution in [2.75, 3.05) is 39.5 Å². The van der Waals surface area contributed by atoms with Crippen molar-refractivity contribution in [2.24, 2.45) is 5.92 Å². The number of nitrogens with zero attached hydrogens (tertiary/aromatic N) is 1. The number of Topliss-reactive ketones (excluding diaryl/α,β-unsaturated/α-hetero) is 1. The molecule has 5 nitrogen and oxygen atoms in total. The lowest BCUT2D eigenvalue weighted by molar-refractivity contribution is -0.128. The Morgan fingerprint density at radius 3 is 2.70 bits per heavy atom. The van der Waals surface area contributed by atoms with E-state index in [0.29, 0.717) is 5.57 Å². The second kappa shape index (κ2) is 8.86. The lowest BCUT2D eigenvalue weighted by atomic mass is 9.78. The van der Waals surface area contributed by atoms with Crippen molar-refractivity contribution in [3.8, 4) is 0 Å². The van der Waals surface area contributed by atoms with Crippen LogP contribution in [0.2, 0.25) is 0 Å². The van der Waals surface area contributed by atoms with E-state index in [1.807, 2.05) is 24.3 Å². The molecule has 27 heavy (non-hydrogen) atoms. The van der Waals surface area contributed by atoms with Crippen molar-refractivity contribution in [2.45, 2.75) is 31.5 Å². The number of ketones is 1. The number of benzene rings is 1. The van der Waals surface area contributed by atoms with Gasteiger partial charge >= 0.3 is 0 Å². The van der Waals surface area contributed by atoms with Crippen LogP contribution in [0, 0.1) is 5.92 Å². The molecule has 0 amide bonds. The molecule has 1 saturated heterocycles. The van der Waals surface area contributed by atoms with Gasteiger partial charge in [0.25, 0.3) is 0 Å². The molecule has 2 heterocycles. The van der Waals surface area contributed by atoms with Gasteiger partial charge in [0, 0.05) is 30.5 Å². The van der Waals surface area contributed by atoms with Gasteiger partial charge in [0.2, 0.25) is 0 Å². The Kier molecular flexibility index (Phi) is 6.28. The average molecular weight is 436 g/mol. The zero-order valence-corrected chi connectivity index (χ0v) is 17.0. The highest BCUT2D eigenvalue weighted by Crippen LogP contribution is 2.37. The number of ether oxygens (including phenoxy) is 3. The quantitative estimate of drug-likeness (QED) is 0.709. The summed E-state index contributed by atoms with van der Waals surface area (Å²) < 4.78 is 18.4. The van der Waals surface area contributed by atoms with E-state index in [9.17, 15) is 4.79 Å². The molecule has 0 radical (unpaired) electrons. The average Bonchev–Trinajstić information content (AvgIpc) is 2.70. The standard InChI is InChI=1S/C21H26BrNO4/c22-16-3-1-15(2-4-16)19-14-27-20-13-17(5-6-18(20)21(19)24)26-12-9-23-7-10-25-11-8-23/h1-4,14,17-18,20H,5-13H2. The summed E-state index contributed by atoms with van der Waals surface area (Å²) in [6.07, 6.45) is 4.33. The molecule has 3 atom stereocenters. The molecule has 0 bridgehead atoms. The van der Waals surface area contributed by atoms with Crippen molar-refractivity contribution in [3.63, 3.8) is 0 Å². The maximum atomic E-state index is 13.0. The molecule has 2 aliphatic heterocycles. The molecule has 3 aliphatic rings. The first-order valence-electron chi connectivity index (χ1n) is 9.78. The smallest absolute Gasteiger partial charge is 0.173 e. The summed E-state index contributed by atoms with van der Waals surface area (Å²) in [7, 11) is 0. The number of hydrogen-bond donors (Lipinski definition) is 0. The molecule has 0 N–H and O–H groups in total. The summed E-state index contributed by atoms with van der Waals surface area (Å²) in [4.78, 5) is 15.3. The third-order valence-corrected chi connectivity index (χ3v) is 6.26. The zero-order chi connectivity index (χ0) is 18.6. The van der Waals surface area contributed by atoms with Crippen LogP contribution >= 0.6 is 15.9 Å². The topological polar surface area (TPSA) is 48.0 Å². The van der Waals surface area contributed by atoms with Gasteiger partial charge in [0.05, 0.1) is 43.7 Å². The molecule has 3 unspecified atom stereocenters. The van der Waals surface area contributed by atoms with E-state index in [-0.39, 0.29) is 23.9 Å². The van der Waals surface area contributed by atoms with E-state index in [4.69, 9.17) is 14.2 Å². The van der Waals surface area contributed by atoms with Gasteiger partial charge in [-0.3, -0.25) is 9.69 Å². The van der Waals surface area contributed by atoms with Crippen molar-refractivity contribution in [1.82, 2.24) is 4.90 Å². The Morgan fingerprint density at radius 1 is 1.15 bits per heavy atom. The van der Waals surface area contributed by atoms with Crippen LogP contribution in [0.3, 0.4) is 0 Å². The molecule has 1 aromatic carbocycles. The molecule has 1 aliphatic carbocycles. The predicted octanol–water partition coefficient (Wildman–Crippen LogP) is 3.28. The van der Waals surface area contributed by atoms with Crippen LogP contribution in [0.5, 0.6) is 0 Å². The summed E-state index contributed by atoms with van der Waals surface area (Å²) in [5.41, 5.74) is 1.61. The molecule has 6 heteroatoms. The van der Waals surface area contributed by atoms with Gasteiger partial charge in [-0.1, -0.05) is 28.1 Å². The second-order valence-electron chi connectivity index (χ2n) is 7.44. The number of rotatable bonds is 5. The van der Waals surface area contributed by atoms with Crippen LogP contribution in [-0.2, 0) is 19.0 Å². The molecular formula is C21H26BrNO4. The van der Waals surface area contributed by atoms with Gasteiger partial charge in [-0.25, -0.2) is 0 Å². The Hall–Kier alpha value is -1.21. The maximum absolute atomic E-state index is 13.0. The van der Waals surface area contributed by atoms with Crippen LogP contribution in [0.4, 0.5) is 0 Å². The fraction of sp³-hybridized carbons (Fsp3) is 0.571. The Morgan fingerprint density at radius 2 is 1.93 bits per heavy atom. The lowest BCUT2D eigenvalue weighted by Gasteiger charge is -2.37. The molecule has 0 aromatic heterocycles. The minimum absolute atomic E-state index is 0.0484. The molecule has 2 fully saturated rings. The monoisotopic (exact) mass is 435 g/mol. The van der Waals surface area contributed by atoms with Crippen molar-refractivity contribution in [1.29, 1.82) is 0 Å². The number of allylic oxidation sites excluding steroid dienone is 1. The van der Waals surface area contributed by atoms with Gasteiger partial charge in [0.15, 0.2) is 5.78 Å². The number of halogens is 1. The van der Waals surface area contributed by atoms with Crippen molar-refractivity contribution in [3.05, 3.63) is 40.6 Å². The van der Waals surface area contributed by atoms with Crippen molar-refractivity contribution >= 4 is 27.3 Å². The van der Waals surface area contributed by atoms with Gasteiger partial charge in [0.1, 0.15) is 6.10 Å². The van der Waals surface area contributed by atoms with E-state index in [1.165, 1.54) is 0 Å². The number of hydrogen-bond acceptors (Lipinski definition) is 5. The van der Waals surface area contributed by atoms with E-state index < -0.39 is 0 Å². The Balaban J connectivity index is 1.30. The first-order valence-corrected chi connectivity index (χ1v) is 10.6. The van der Waals surface area contributed by atoms with E-state index >= 15 is 0 Å². The van der Waals surface area contributed by atoms with Gasteiger partial charge in [-0.05, 0) is 30.5 Å². The number of carbonyl (C=O) groups is 1. The lowest BCUT2D eigenvalue weighted by Crippen LogP contribution is -2.42. The SMILES string of the molecule is O=C1C(c2ccc(Br)cc2)=COC2CC(OCCN3CCOCC3)CCC12. The first kappa shape index (κ1) is 19.1. The molecule has 0 spiro atoms. The number of fused-ring (bicyclic) bond motifs is 1. The highest BCUT2D eigenvalue weighted by atomic mass is 79.9. The second-order valence-corrected chi connectivity index (χ2v) is 8.36. The largest absolute Gasteiger partial charge is 0.496 e. The molecule has 1 saturated carbocycles. The molecule has 146 valence electrons. The van der Waals surface area contributed by atoms with Crippen LogP contribution in [0.25, 0.3) is 5.57 Å². The molecule has 4 rings (SSSR count). The highest BCUT2D eigenvalue weighted by molar-refractivity contribution is 9.10. The normalized spacial score (nSPS) is 29.0. The maximum Gasteiger partial charge on any atom is 0.173 e. The summed E-state index contributed by atoms with van der Waals surface area (Å²) in [5.74, 6) is 0.160. The predicted molar refractivity (Wildman–Crippen MR) is 106 cm³/mol. The molecule has 1 aromatic rings. The fourth-order valence-electron chi connectivity index (χ4n) is 4.12. The third kappa shape index (κ3) is 4.62.